The minimum absolute atomic E-state index is 0.00425. The van der Waals surface area contributed by atoms with Crippen molar-refractivity contribution in [2.45, 2.75) is 18.6 Å². The molecule has 1 aliphatic carbocycles. The number of hydrogen-bond donors (Lipinski definition) is 3. The van der Waals surface area contributed by atoms with Gasteiger partial charge in [-0.25, -0.2) is 8.78 Å². The molecule has 0 saturated carbocycles. The van der Waals surface area contributed by atoms with E-state index in [4.69, 9.17) is 23.7 Å². The SMILES string of the molecule is COc1cc([C@@H]2c3cc4c(cc3[C@H](O)[C@@H](CO)[C@@H]2C(=O)NCc2cc(F)ccc2F)OCO4)cc(OC)c1OC. The van der Waals surface area contributed by atoms with E-state index in [-0.39, 0.29) is 18.9 Å². The van der Waals surface area contributed by atoms with Crippen LogP contribution in [-0.4, -0.2) is 50.8 Å². The van der Waals surface area contributed by atoms with Crippen LogP contribution in [0.15, 0.2) is 42.5 Å². The highest BCUT2D eigenvalue weighted by Gasteiger charge is 2.47. The lowest BCUT2D eigenvalue weighted by Gasteiger charge is -2.41. The number of hydrogen-bond acceptors (Lipinski definition) is 8. The van der Waals surface area contributed by atoms with Crippen molar-refractivity contribution in [2.24, 2.45) is 11.8 Å². The molecule has 11 heteroatoms. The minimum atomic E-state index is -1.24. The normalized spacial score (nSPS) is 21.0. The van der Waals surface area contributed by atoms with Gasteiger partial charge in [-0.05, 0) is 59.2 Å². The molecule has 0 spiro atoms. The molecule has 0 bridgehead atoms. The molecule has 3 aromatic carbocycles. The van der Waals surface area contributed by atoms with Gasteiger partial charge >= 0.3 is 0 Å². The number of ether oxygens (including phenoxy) is 5. The second-order valence-corrected chi connectivity index (χ2v) is 9.54. The van der Waals surface area contributed by atoms with E-state index in [0.717, 1.165) is 18.2 Å². The molecular formula is C29H29F2NO8. The molecule has 4 atom stereocenters. The zero-order valence-electron chi connectivity index (χ0n) is 22.1. The van der Waals surface area contributed by atoms with Gasteiger partial charge in [0.1, 0.15) is 11.6 Å². The molecule has 0 fully saturated rings. The van der Waals surface area contributed by atoms with Crippen molar-refractivity contribution in [3.8, 4) is 28.7 Å². The van der Waals surface area contributed by atoms with Crippen molar-refractivity contribution in [3.63, 3.8) is 0 Å². The lowest BCUT2D eigenvalue weighted by atomic mass is 9.64. The minimum Gasteiger partial charge on any atom is -0.493 e. The first-order chi connectivity index (χ1) is 19.3. The summed E-state index contributed by atoms with van der Waals surface area (Å²) in [4.78, 5) is 13.8. The Labute approximate surface area is 229 Å². The molecule has 1 amide bonds. The largest absolute Gasteiger partial charge is 0.493 e. The monoisotopic (exact) mass is 557 g/mol. The van der Waals surface area contributed by atoms with Crippen LogP contribution in [0.4, 0.5) is 8.78 Å². The van der Waals surface area contributed by atoms with Gasteiger partial charge in [-0.2, -0.15) is 0 Å². The lowest BCUT2D eigenvalue weighted by molar-refractivity contribution is -0.131. The highest BCUT2D eigenvalue weighted by Crippen LogP contribution is 2.53. The topological polar surface area (TPSA) is 116 Å². The average molecular weight is 558 g/mol. The van der Waals surface area contributed by atoms with Gasteiger partial charge in [-0.15, -0.1) is 0 Å². The van der Waals surface area contributed by atoms with Crippen LogP contribution in [-0.2, 0) is 11.3 Å². The van der Waals surface area contributed by atoms with Crippen molar-refractivity contribution in [1.29, 1.82) is 0 Å². The van der Waals surface area contributed by atoms with Gasteiger partial charge in [-0.1, -0.05) is 0 Å². The van der Waals surface area contributed by atoms with Crippen LogP contribution in [0.1, 0.15) is 34.3 Å². The first-order valence-corrected chi connectivity index (χ1v) is 12.5. The van der Waals surface area contributed by atoms with Gasteiger partial charge in [0.05, 0.1) is 33.4 Å². The third-order valence-corrected chi connectivity index (χ3v) is 7.48. The molecule has 5 rings (SSSR count). The fourth-order valence-electron chi connectivity index (χ4n) is 5.57. The summed E-state index contributed by atoms with van der Waals surface area (Å²) in [6, 6.07) is 9.71. The summed E-state index contributed by atoms with van der Waals surface area (Å²) in [5.74, 6) is -2.78. The van der Waals surface area contributed by atoms with Gasteiger partial charge in [0.2, 0.25) is 18.4 Å². The number of amides is 1. The molecule has 1 heterocycles. The molecule has 1 aliphatic heterocycles. The second kappa shape index (κ2) is 11.2. The van der Waals surface area contributed by atoms with E-state index in [1.165, 1.54) is 21.3 Å². The Kier molecular flexibility index (Phi) is 7.68. The number of benzene rings is 3. The zero-order chi connectivity index (χ0) is 28.6. The lowest BCUT2D eigenvalue weighted by Crippen LogP contribution is -2.45. The van der Waals surface area contributed by atoms with Crippen LogP contribution in [0, 0.1) is 23.5 Å². The number of aliphatic hydroxyl groups excluding tert-OH is 2. The Balaban J connectivity index is 1.65. The van der Waals surface area contributed by atoms with Crippen LogP contribution in [0.3, 0.4) is 0 Å². The number of carbonyl (C=O) groups is 1. The highest BCUT2D eigenvalue weighted by atomic mass is 19.1. The van der Waals surface area contributed by atoms with Crippen molar-refractivity contribution >= 4 is 5.91 Å². The average Bonchev–Trinajstić information content (AvgIpc) is 3.43. The Morgan fingerprint density at radius 1 is 0.975 bits per heavy atom. The van der Waals surface area contributed by atoms with E-state index in [1.54, 1.807) is 24.3 Å². The van der Waals surface area contributed by atoms with Gasteiger partial charge in [0.25, 0.3) is 0 Å². The number of halogens is 2. The second-order valence-electron chi connectivity index (χ2n) is 9.54. The first-order valence-electron chi connectivity index (χ1n) is 12.5. The fourth-order valence-corrected chi connectivity index (χ4v) is 5.57. The van der Waals surface area contributed by atoms with Gasteiger partial charge in [0, 0.05) is 30.6 Å². The highest BCUT2D eigenvalue weighted by molar-refractivity contribution is 5.82. The third kappa shape index (κ3) is 4.75. The van der Waals surface area contributed by atoms with E-state index in [1.807, 2.05) is 0 Å². The van der Waals surface area contributed by atoms with Crippen molar-refractivity contribution in [1.82, 2.24) is 5.32 Å². The molecule has 0 aromatic heterocycles. The van der Waals surface area contributed by atoms with E-state index < -0.39 is 48.0 Å². The molecule has 212 valence electrons. The van der Waals surface area contributed by atoms with Crippen molar-refractivity contribution in [2.75, 3.05) is 34.7 Å². The summed E-state index contributed by atoms with van der Waals surface area (Å²) in [7, 11) is 4.40. The molecular weight excluding hydrogens is 528 g/mol. The van der Waals surface area contributed by atoms with Crippen LogP contribution in [0.25, 0.3) is 0 Å². The first kappa shape index (κ1) is 27.5. The standard InChI is InChI=1S/C29H29F2NO8/c1-36-23-7-14(8-24(37-2)28(23)38-3)25-17-9-21-22(40-13-39-21)10-18(17)27(34)19(12-33)26(25)29(35)32-11-15-6-16(30)4-5-20(15)31/h4-10,19,25-27,33-34H,11-13H2,1-3H3,(H,32,35)/t19-,25+,26-,27-/m0/s1. The smallest absolute Gasteiger partial charge is 0.231 e. The van der Waals surface area contributed by atoms with E-state index in [2.05, 4.69) is 5.32 Å². The van der Waals surface area contributed by atoms with Crippen LogP contribution in [0.2, 0.25) is 0 Å². The molecule has 2 aliphatic rings. The van der Waals surface area contributed by atoms with Crippen LogP contribution < -0.4 is 29.0 Å². The molecule has 9 nitrogen and oxygen atoms in total. The predicted molar refractivity (Wildman–Crippen MR) is 138 cm³/mol. The van der Waals surface area contributed by atoms with Gasteiger partial charge in [-0.3, -0.25) is 4.79 Å². The summed E-state index contributed by atoms with van der Waals surface area (Å²) >= 11 is 0. The van der Waals surface area contributed by atoms with Gasteiger partial charge in [0.15, 0.2) is 23.0 Å². The number of fused-ring (bicyclic) bond motifs is 2. The third-order valence-electron chi connectivity index (χ3n) is 7.48. The molecule has 0 saturated heterocycles. The maximum atomic E-state index is 14.3. The zero-order valence-corrected chi connectivity index (χ0v) is 22.1. The quantitative estimate of drug-likeness (QED) is 0.386. The maximum Gasteiger partial charge on any atom is 0.231 e. The van der Waals surface area contributed by atoms with Crippen molar-refractivity contribution in [3.05, 3.63) is 76.4 Å². The summed E-state index contributed by atoms with van der Waals surface area (Å²) in [6.07, 6.45) is -1.24. The maximum absolute atomic E-state index is 14.3. The Morgan fingerprint density at radius 3 is 2.23 bits per heavy atom. The molecule has 3 aromatic rings. The van der Waals surface area contributed by atoms with E-state index in [9.17, 15) is 23.8 Å². The molecule has 40 heavy (non-hydrogen) atoms. The number of nitrogens with one attached hydrogen (secondary N) is 1. The molecule has 0 unspecified atom stereocenters. The number of methoxy groups -OCH3 is 3. The fraction of sp³-hybridized carbons (Fsp3) is 0.345. The number of rotatable bonds is 8. The number of aliphatic hydroxyl groups is 2. The Morgan fingerprint density at radius 2 is 1.62 bits per heavy atom. The summed E-state index contributed by atoms with van der Waals surface area (Å²) in [6.45, 7) is -0.846. The summed E-state index contributed by atoms with van der Waals surface area (Å²) < 4.78 is 55.7. The van der Waals surface area contributed by atoms with Crippen LogP contribution in [0.5, 0.6) is 28.7 Å². The van der Waals surface area contributed by atoms with Gasteiger partial charge < -0.3 is 39.2 Å². The summed E-state index contributed by atoms with van der Waals surface area (Å²) in [5, 5.41) is 24.5. The Hall–Kier alpha value is -4.09. The summed E-state index contributed by atoms with van der Waals surface area (Å²) in [5.41, 5.74) is 1.55. The van der Waals surface area contributed by atoms with E-state index >= 15 is 0 Å². The molecule has 0 radical (unpaired) electrons. The predicted octanol–water partition coefficient (Wildman–Crippen LogP) is 3.44. The Bertz CT molecular complexity index is 1410. The van der Waals surface area contributed by atoms with E-state index in [0.29, 0.717) is 45.4 Å². The number of carbonyl (C=O) groups excluding carboxylic acids is 1. The molecule has 3 N–H and O–H groups in total. The van der Waals surface area contributed by atoms with Crippen molar-refractivity contribution < 1.29 is 47.5 Å². The van der Waals surface area contributed by atoms with Crippen LogP contribution >= 0.6 is 0 Å².